The van der Waals surface area contributed by atoms with E-state index in [0.29, 0.717) is 12.3 Å². The predicted octanol–water partition coefficient (Wildman–Crippen LogP) is 0.957. The van der Waals surface area contributed by atoms with Gasteiger partial charge in [-0.15, -0.1) is 0 Å². The number of carbonyl (C=O) groups excluding carboxylic acids is 1. The van der Waals surface area contributed by atoms with Gasteiger partial charge in [0.1, 0.15) is 11.4 Å². The van der Waals surface area contributed by atoms with Crippen LogP contribution in [0, 0.1) is 0 Å². The van der Waals surface area contributed by atoms with E-state index in [9.17, 15) is 9.59 Å². The number of amides is 1. The maximum absolute atomic E-state index is 11.9. The second-order valence-electron chi connectivity index (χ2n) is 4.18. The average Bonchev–Trinajstić information content (AvgIpc) is 2.87. The van der Waals surface area contributed by atoms with Crippen molar-refractivity contribution >= 4 is 11.6 Å². The first kappa shape index (κ1) is 11.5. The van der Waals surface area contributed by atoms with Gasteiger partial charge < -0.3 is 10.1 Å². The minimum Gasteiger partial charge on any atom is -0.493 e. The van der Waals surface area contributed by atoms with E-state index in [1.165, 1.54) is 12.1 Å². The Labute approximate surface area is 108 Å². The number of hydrogen-bond acceptors (Lipinski definition) is 4. The van der Waals surface area contributed by atoms with Crippen LogP contribution < -0.4 is 15.6 Å². The standard InChI is InChI=1S/C13H11N3O3/c17-12-4-2-10(15-16-12)13(18)14-9-1-3-11-8(7-9)5-6-19-11/h1-4,7H,5-6H2,(H,14,18)(H,16,17). The van der Waals surface area contributed by atoms with Crippen LogP contribution in [0.4, 0.5) is 5.69 Å². The molecule has 0 atom stereocenters. The molecule has 6 nitrogen and oxygen atoms in total. The van der Waals surface area contributed by atoms with Crippen molar-refractivity contribution in [3.63, 3.8) is 0 Å². The SMILES string of the molecule is O=C(Nc1ccc2c(c1)CCO2)c1ccc(=O)[nH]n1. The summed E-state index contributed by atoms with van der Waals surface area (Å²) in [6.07, 6.45) is 0.843. The van der Waals surface area contributed by atoms with E-state index in [2.05, 4.69) is 15.5 Å². The van der Waals surface area contributed by atoms with Gasteiger partial charge in [-0.25, -0.2) is 5.10 Å². The first-order chi connectivity index (χ1) is 9.22. The molecule has 0 saturated heterocycles. The number of aromatic nitrogens is 2. The zero-order valence-corrected chi connectivity index (χ0v) is 9.97. The second-order valence-corrected chi connectivity index (χ2v) is 4.18. The minimum atomic E-state index is -0.366. The minimum absolute atomic E-state index is 0.163. The number of anilines is 1. The zero-order chi connectivity index (χ0) is 13.2. The number of aromatic amines is 1. The molecule has 1 aromatic heterocycles. The van der Waals surface area contributed by atoms with Crippen LogP contribution >= 0.6 is 0 Å². The number of nitrogens with one attached hydrogen (secondary N) is 2. The molecule has 0 bridgehead atoms. The molecular formula is C13H11N3O3. The first-order valence-corrected chi connectivity index (χ1v) is 5.85. The molecule has 0 saturated carbocycles. The highest BCUT2D eigenvalue weighted by Gasteiger charge is 2.14. The summed E-state index contributed by atoms with van der Waals surface area (Å²) in [5.41, 5.74) is 1.58. The Kier molecular flexibility index (Phi) is 2.75. The lowest BCUT2D eigenvalue weighted by Gasteiger charge is -2.06. The third kappa shape index (κ3) is 2.33. The van der Waals surface area contributed by atoms with Gasteiger partial charge in [-0.1, -0.05) is 0 Å². The summed E-state index contributed by atoms with van der Waals surface area (Å²) in [6.45, 7) is 0.675. The number of benzene rings is 1. The van der Waals surface area contributed by atoms with Crippen molar-refractivity contribution in [2.75, 3.05) is 11.9 Å². The van der Waals surface area contributed by atoms with Gasteiger partial charge in [0, 0.05) is 18.2 Å². The Balaban J connectivity index is 1.79. The van der Waals surface area contributed by atoms with Crippen molar-refractivity contribution in [3.8, 4) is 5.75 Å². The molecule has 6 heteroatoms. The van der Waals surface area contributed by atoms with E-state index < -0.39 is 0 Å². The van der Waals surface area contributed by atoms with Crippen LogP contribution in [0.3, 0.4) is 0 Å². The molecule has 3 rings (SSSR count). The highest BCUT2D eigenvalue weighted by atomic mass is 16.5. The summed E-state index contributed by atoms with van der Waals surface area (Å²) < 4.78 is 5.39. The molecule has 0 unspecified atom stereocenters. The van der Waals surface area contributed by atoms with E-state index in [1.54, 1.807) is 6.07 Å². The number of carbonyl (C=O) groups is 1. The molecule has 0 aliphatic carbocycles. The Morgan fingerprint density at radius 3 is 3.00 bits per heavy atom. The van der Waals surface area contributed by atoms with Crippen LogP contribution in [0.1, 0.15) is 16.1 Å². The molecule has 0 fully saturated rings. The molecule has 0 radical (unpaired) electrons. The van der Waals surface area contributed by atoms with Crippen LogP contribution in [0.5, 0.6) is 5.75 Å². The molecule has 96 valence electrons. The molecule has 2 heterocycles. The molecular weight excluding hydrogens is 246 g/mol. The highest BCUT2D eigenvalue weighted by Crippen LogP contribution is 2.27. The highest BCUT2D eigenvalue weighted by molar-refractivity contribution is 6.02. The monoisotopic (exact) mass is 257 g/mol. The summed E-state index contributed by atoms with van der Waals surface area (Å²) in [5.74, 6) is 0.496. The van der Waals surface area contributed by atoms with Crippen molar-refractivity contribution < 1.29 is 9.53 Å². The van der Waals surface area contributed by atoms with Crippen LogP contribution in [0.25, 0.3) is 0 Å². The maximum Gasteiger partial charge on any atom is 0.276 e. The van der Waals surface area contributed by atoms with E-state index in [-0.39, 0.29) is 17.2 Å². The molecule has 0 spiro atoms. The Morgan fingerprint density at radius 2 is 2.21 bits per heavy atom. The molecule has 1 aliphatic rings. The molecule has 1 aromatic carbocycles. The van der Waals surface area contributed by atoms with Crippen molar-refractivity contribution in [1.82, 2.24) is 10.2 Å². The second kappa shape index (κ2) is 4.56. The normalized spacial score (nSPS) is 12.6. The van der Waals surface area contributed by atoms with Crippen LogP contribution in [-0.2, 0) is 6.42 Å². The Bertz CT molecular complexity index is 673. The van der Waals surface area contributed by atoms with Gasteiger partial charge in [0.25, 0.3) is 11.5 Å². The third-order valence-corrected chi connectivity index (χ3v) is 2.86. The van der Waals surface area contributed by atoms with Crippen molar-refractivity contribution in [2.24, 2.45) is 0 Å². The van der Waals surface area contributed by atoms with E-state index in [4.69, 9.17) is 4.74 Å². The van der Waals surface area contributed by atoms with Crippen molar-refractivity contribution in [2.45, 2.75) is 6.42 Å². The van der Waals surface area contributed by atoms with Crippen LogP contribution in [0.15, 0.2) is 35.1 Å². The van der Waals surface area contributed by atoms with Gasteiger partial charge in [0.15, 0.2) is 0 Å². The van der Waals surface area contributed by atoms with Crippen molar-refractivity contribution in [3.05, 3.63) is 51.9 Å². The molecule has 1 amide bonds. The fourth-order valence-electron chi connectivity index (χ4n) is 1.93. The number of hydrogen-bond donors (Lipinski definition) is 2. The molecule has 2 aromatic rings. The summed E-state index contributed by atoms with van der Waals surface area (Å²) >= 11 is 0. The van der Waals surface area contributed by atoms with Gasteiger partial charge in [0.05, 0.1) is 6.61 Å². The number of H-pyrrole nitrogens is 1. The lowest BCUT2D eigenvalue weighted by atomic mass is 10.1. The summed E-state index contributed by atoms with van der Waals surface area (Å²) in [5, 5.41) is 8.62. The predicted molar refractivity (Wildman–Crippen MR) is 68.5 cm³/mol. The number of ether oxygens (including phenoxy) is 1. The molecule has 1 aliphatic heterocycles. The lowest BCUT2D eigenvalue weighted by Crippen LogP contribution is -2.17. The van der Waals surface area contributed by atoms with Gasteiger partial charge >= 0.3 is 0 Å². The number of fused-ring (bicyclic) bond motifs is 1. The summed E-state index contributed by atoms with van der Waals surface area (Å²) in [4.78, 5) is 22.8. The fraction of sp³-hybridized carbons (Fsp3) is 0.154. The van der Waals surface area contributed by atoms with Gasteiger partial charge in [-0.3, -0.25) is 9.59 Å². The van der Waals surface area contributed by atoms with Gasteiger partial charge in [-0.05, 0) is 29.8 Å². The van der Waals surface area contributed by atoms with E-state index >= 15 is 0 Å². The summed E-state index contributed by atoms with van der Waals surface area (Å²) in [6, 6.07) is 8.13. The fourth-order valence-corrected chi connectivity index (χ4v) is 1.93. The lowest BCUT2D eigenvalue weighted by molar-refractivity contribution is 0.102. The third-order valence-electron chi connectivity index (χ3n) is 2.86. The van der Waals surface area contributed by atoms with E-state index in [1.807, 2.05) is 12.1 Å². The zero-order valence-electron chi connectivity index (χ0n) is 9.97. The maximum atomic E-state index is 11.9. The Hall–Kier alpha value is -2.63. The number of nitrogens with zero attached hydrogens (tertiary/aromatic N) is 1. The quantitative estimate of drug-likeness (QED) is 0.839. The average molecular weight is 257 g/mol. The molecule has 19 heavy (non-hydrogen) atoms. The summed E-state index contributed by atoms with van der Waals surface area (Å²) in [7, 11) is 0. The Morgan fingerprint density at radius 1 is 1.32 bits per heavy atom. The van der Waals surface area contributed by atoms with Gasteiger partial charge in [-0.2, -0.15) is 5.10 Å². The largest absolute Gasteiger partial charge is 0.493 e. The van der Waals surface area contributed by atoms with Gasteiger partial charge in [0.2, 0.25) is 0 Å². The first-order valence-electron chi connectivity index (χ1n) is 5.85. The van der Waals surface area contributed by atoms with E-state index in [0.717, 1.165) is 17.7 Å². The van der Waals surface area contributed by atoms with Crippen molar-refractivity contribution in [1.29, 1.82) is 0 Å². The number of rotatable bonds is 2. The topological polar surface area (TPSA) is 84.1 Å². The smallest absolute Gasteiger partial charge is 0.276 e. The molecule has 2 N–H and O–H groups in total. The van der Waals surface area contributed by atoms with Crippen LogP contribution in [-0.4, -0.2) is 22.7 Å². The van der Waals surface area contributed by atoms with Crippen LogP contribution in [0.2, 0.25) is 0 Å².